The van der Waals surface area contributed by atoms with Gasteiger partial charge in [-0.15, -0.1) is 0 Å². The highest BCUT2D eigenvalue weighted by Crippen LogP contribution is 2.42. The number of aromatic hydroxyl groups is 1. The molecule has 0 spiro atoms. The second kappa shape index (κ2) is 11.0. The van der Waals surface area contributed by atoms with Crippen molar-refractivity contribution in [2.24, 2.45) is 0 Å². The second-order valence-electron chi connectivity index (χ2n) is 6.66. The summed E-state index contributed by atoms with van der Waals surface area (Å²) >= 11 is 0. The van der Waals surface area contributed by atoms with Gasteiger partial charge >= 0.3 is 0 Å². The van der Waals surface area contributed by atoms with Crippen LogP contribution >= 0.6 is 0 Å². The molecule has 172 valence electrons. The Morgan fingerprint density at radius 3 is 1.77 bits per heavy atom. The normalized spacial score (nSPS) is 15.0. The smallest absolute Gasteiger partial charge is 0.204 e. The third-order valence-corrected chi connectivity index (χ3v) is 4.72. The SMILES string of the molecule is COc1cc([C@H](O)[C@@H](CO)Oc2c(OC)cc([C@H](O)[C@@H](O)CO)cc2OC)ccc1O. The number of rotatable bonds is 11. The van der Waals surface area contributed by atoms with Crippen molar-refractivity contribution in [3.63, 3.8) is 0 Å². The van der Waals surface area contributed by atoms with E-state index in [0.29, 0.717) is 5.56 Å². The molecule has 0 aliphatic rings. The Hall–Kier alpha value is -2.76. The van der Waals surface area contributed by atoms with Crippen LogP contribution < -0.4 is 18.9 Å². The molecule has 31 heavy (non-hydrogen) atoms. The molecule has 6 N–H and O–H groups in total. The summed E-state index contributed by atoms with van der Waals surface area (Å²) in [6.07, 6.45) is -5.30. The first kappa shape index (κ1) is 24.5. The number of ether oxygens (including phenoxy) is 4. The molecule has 0 aromatic heterocycles. The quantitative estimate of drug-likeness (QED) is 0.287. The molecule has 0 unspecified atom stereocenters. The first-order valence-electron chi connectivity index (χ1n) is 9.36. The zero-order valence-electron chi connectivity index (χ0n) is 17.4. The number of aliphatic hydroxyl groups is 5. The minimum absolute atomic E-state index is 0.0447. The van der Waals surface area contributed by atoms with Crippen LogP contribution in [0, 0.1) is 0 Å². The number of phenols is 1. The van der Waals surface area contributed by atoms with Crippen molar-refractivity contribution in [1.29, 1.82) is 0 Å². The van der Waals surface area contributed by atoms with Crippen molar-refractivity contribution in [2.75, 3.05) is 34.5 Å². The van der Waals surface area contributed by atoms with E-state index in [0.717, 1.165) is 0 Å². The van der Waals surface area contributed by atoms with Crippen LogP contribution in [0.3, 0.4) is 0 Å². The number of aliphatic hydroxyl groups excluding tert-OH is 5. The standard InChI is InChI=1S/C21H28O10/c1-28-15-6-11(4-5-13(15)24)20(27)18(10-23)31-21-16(29-2)7-12(8-17(21)30-3)19(26)14(25)9-22/h4-8,14,18-20,22-27H,9-10H2,1-3H3/t14-,18+,19-,20-/m0/s1. The number of methoxy groups -OCH3 is 3. The second-order valence-corrected chi connectivity index (χ2v) is 6.66. The Labute approximate surface area is 179 Å². The summed E-state index contributed by atoms with van der Waals surface area (Å²) in [5.74, 6) is 0.287. The van der Waals surface area contributed by atoms with Crippen LogP contribution in [0.2, 0.25) is 0 Å². The van der Waals surface area contributed by atoms with Gasteiger partial charge in [-0.3, -0.25) is 0 Å². The Balaban J connectivity index is 2.40. The first-order valence-corrected chi connectivity index (χ1v) is 9.36. The van der Waals surface area contributed by atoms with E-state index in [1.165, 1.54) is 51.7 Å². The van der Waals surface area contributed by atoms with Crippen LogP contribution in [0.1, 0.15) is 23.3 Å². The molecule has 0 aliphatic carbocycles. The Morgan fingerprint density at radius 1 is 0.742 bits per heavy atom. The fourth-order valence-corrected chi connectivity index (χ4v) is 2.95. The lowest BCUT2D eigenvalue weighted by Gasteiger charge is -2.26. The third-order valence-electron chi connectivity index (χ3n) is 4.72. The zero-order valence-corrected chi connectivity index (χ0v) is 17.4. The molecular formula is C21H28O10. The third kappa shape index (κ3) is 5.49. The van der Waals surface area contributed by atoms with Gasteiger partial charge in [-0.25, -0.2) is 0 Å². The summed E-state index contributed by atoms with van der Waals surface area (Å²) in [6.45, 7) is -1.23. The molecule has 2 aromatic carbocycles. The average molecular weight is 440 g/mol. The first-order chi connectivity index (χ1) is 14.8. The average Bonchev–Trinajstić information content (AvgIpc) is 2.80. The molecule has 0 aliphatic heterocycles. The van der Waals surface area contributed by atoms with Gasteiger partial charge in [-0.2, -0.15) is 0 Å². The van der Waals surface area contributed by atoms with Crippen molar-refractivity contribution >= 4 is 0 Å². The van der Waals surface area contributed by atoms with Gasteiger partial charge in [0.05, 0.1) is 34.5 Å². The summed E-state index contributed by atoms with van der Waals surface area (Å²) in [6, 6.07) is 6.97. The van der Waals surface area contributed by atoms with E-state index in [4.69, 9.17) is 24.1 Å². The molecule has 0 radical (unpaired) electrons. The molecule has 10 nitrogen and oxygen atoms in total. The van der Waals surface area contributed by atoms with E-state index < -0.39 is 37.6 Å². The minimum atomic E-state index is -1.42. The van der Waals surface area contributed by atoms with Crippen LogP contribution in [0.4, 0.5) is 0 Å². The zero-order chi connectivity index (χ0) is 23.1. The lowest BCUT2D eigenvalue weighted by molar-refractivity contribution is -0.0158. The maximum absolute atomic E-state index is 10.7. The minimum Gasteiger partial charge on any atom is -0.504 e. The van der Waals surface area contributed by atoms with E-state index in [1.54, 1.807) is 0 Å². The largest absolute Gasteiger partial charge is 0.504 e. The topological polar surface area (TPSA) is 158 Å². The van der Waals surface area contributed by atoms with Gasteiger partial charge in [0.1, 0.15) is 18.3 Å². The summed E-state index contributed by atoms with van der Waals surface area (Å²) < 4.78 is 21.4. The Bertz CT molecular complexity index is 831. The molecule has 2 rings (SSSR count). The van der Waals surface area contributed by atoms with Gasteiger partial charge in [0.2, 0.25) is 5.75 Å². The lowest BCUT2D eigenvalue weighted by Crippen LogP contribution is -2.29. The molecular weight excluding hydrogens is 412 g/mol. The fourth-order valence-electron chi connectivity index (χ4n) is 2.95. The molecule has 0 fully saturated rings. The van der Waals surface area contributed by atoms with Crippen LogP contribution in [-0.2, 0) is 0 Å². The summed E-state index contributed by atoms with van der Waals surface area (Å²) in [7, 11) is 4.05. The van der Waals surface area contributed by atoms with Gasteiger partial charge in [-0.1, -0.05) is 6.07 Å². The molecule has 10 heteroatoms. The van der Waals surface area contributed by atoms with E-state index in [-0.39, 0.29) is 34.3 Å². The van der Waals surface area contributed by atoms with Gasteiger partial charge in [-0.05, 0) is 35.4 Å². The highest BCUT2D eigenvalue weighted by Gasteiger charge is 2.28. The number of hydrogen-bond donors (Lipinski definition) is 6. The molecule has 2 aromatic rings. The predicted octanol–water partition coefficient (Wildman–Crippen LogP) is 0.278. The van der Waals surface area contributed by atoms with Gasteiger partial charge in [0.15, 0.2) is 29.1 Å². The molecule has 0 saturated heterocycles. The molecule has 0 saturated carbocycles. The lowest BCUT2D eigenvalue weighted by atomic mass is 10.0. The Morgan fingerprint density at radius 2 is 1.29 bits per heavy atom. The summed E-state index contributed by atoms with van der Waals surface area (Å²) in [5.41, 5.74) is 0.525. The van der Waals surface area contributed by atoms with Crippen molar-refractivity contribution in [3.05, 3.63) is 41.5 Å². The maximum atomic E-state index is 10.7. The molecule has 0 bridgehead atoms. The van der Waals surface area contributed by atoms with Gasteiger partial charge < -0.3 is 49.6 Å². The van der Waals surface area contributed by atoms with E-state index in [9.17, 15) is 25.5 Å². The monoisotopic (exact) mass is 440 g/mol. The molecule has 0 amide bonds. The molecule has 0 heterocycles. The van der Waals surface area contributed by atoms with Gasteiger partial charge in [0.25, 0.3) is 0 Å². The number of benzene rings is 2. The highest BCUT2D eigenvalue weighted by atomic mass is 16.6. The predicted molar refractivity (Wildman–Crippen MR) is 109 cm³/mol. The van der Waals surface area contributed by atoms with Crippen molar-refractivity contribution in [3.8, 4) is 28.7 Å². The van der Waals surface area contributed by atoms with Gasteiger partial charge in [0, 0.05) is 0 Å². The van der Waals surface area contributed by atoms with Crippen molar-refractivity contribution < 1.29 is 49.6 Å². The van der Waals surface area contributed by atoms with E-state index >= 15 is 0 Å². The van der Waals surface area contributed by atoms with E-state index in [2.05, 4.69) is 0 Å². The van der Waals surface area contributed by atoms with Crippen molar-refractivity contribution in [1.82, 2.24) is 0 Å². The van der Waals surface area contributed by atoms with Crippen LogP contribution in [-0.4, -0.2) is 77.4 Å². The summed E-state index contributed by atoms with van der Waals surface area (Å²) in [4.78, 5) is 0. The number of hydrogen-bond acceptors (Lipinski definition) is 10. The van der Waals surface area contributed by atoms with Crippen LogP contribution in [0.15, 0.2) is 30.3 Å². The van der Waals surface area contributed by atoms with E-state index in [1.807, 2.05) is 0 Å². The Kier molecular flexibility index (Phi) is 8.72. The van der Waals surface area contributed by atoms with Crippen LogP contribution in [0.5, 0.6) is 28.7 Å². The number of phenolic OH excluding ortho intramolecular Hbond substituents is 1. The summed E-state index contributed by atoms with van der Waals surface area (Å²) in [5, 5.41) is 59.3. The van der Waals surface area contributed by atoms with Crippen molar-refractivity contribution in [2.45, 2.75) is 24.4 Å². The van der Waals surface area contributed by atoms with Crippen LogP contribution in [0.25, 0.3) is 0 Å². The highest BCUT2D eigenvalue weighted by molar-refractivity contribution is 5.54. The fraction of sp³-hybridized carbons (Fsp3) is 0.429. The maximum Gasteiger partial charge on any atom is 0.204 e. The molecule has 4 atom stereocenters.